The van der Waals surface area contributed by atoms with Crippen molar-refractivity contribution in [3.8, 4) is 0 Å². The van der Waals surface area contributed by atoms with Gasteiger partial charge in [-0.1, -0.05) is 62.8 Å². The summed E-state index contributed by atoms with van der Waals surface area (Å²) >= 11 is 6.16. The summed E-state index contributed by atoms with van der Waals surface area (Å²) < 4.78 is 5.76. The van der Waals surface area contributed by atoms with E-state index in [-0.39, 0.29) is 18.2 Å². The lowest BCUT2D eigenvalue weighted by molar-refractivity contribution is -0.175. The highest BCUT2D eigenvalue weighted by Crippen LogP contribution is 2.33. The first-order chi connectivity index (χ1) is 16.0. The fraction of sp³-hybridized carbons (Fsp3) is 0.741. The minimum Gasteiger partial charge on any atom is -0.388 e. The first kappa shape index (κ1) is 24.8. The molecule has 2 amide bonds. The largest absolute Gasteiger partial charge is 0.388 e. The van der Waals surface area contributed by atoms with Gasteiger partial charge in [0.05, 0.1) is 18.8 Å². The van der Waals surface area contributed by atoms with Crippen molar-refractivity contribution < 1.29 is 14.6 Å². The number of hydrogen-bond acceptors (Lipinski definition) is 3. The lowest BCUT2D eigenvalue weighted by atomic mass is 9.80. The number of benzene rings is 1. The highest BCUT2D eigenvalue weighted by molar-refractivity contribution is 6.30. The SMILES string of the molecule is CC[C@H]1CO[C@@H]1[C@H](O)[C@H](CC1CCCCC1)NC(=O)N1CCC[C@@H](Cc2cccc(Cl)c2)C1. The molecule has 1 aliphatic carbocycles. The Hall–Kier alpha value is -1.30. The molecule has 0 spiro atoms. The van der Waals surface area contributed by atoms with Gasteiger partial charge in [0.25, 0.3) is 0 Å². The Morgan fingerprint density at radius 2 is 2.00 bits per heavy atom. The molecule has 5 atom stereocenters. The van der Waals surface area contributed by atoms with Gasteiger partial charge in [0.1, 0.15) is 6.10 Å². The number of ether oxygens (including phenoxy) is 1. The van der Waals surface area contributed by atoms with Crippen molar-refractivity contribution in [1.29, 1.82) is 0 Å². The molecule has 4 rings (SSSR count). The molecule has 2 heterocycles. The van der Waals surface area contributed by atoms with E-state index in [0.29, 0.717) is 17.8 Å². The second kappa shape index (κ2) is 11.9. The average molecular weight is 477 g/mol. The van der Waals surface area contributed by atoms with E-state index in [1.807, 2.05) is 23.1 Å². The number of halogens is 1. The molecule has 184 valence electrons. The van der Waals surface area contributed by atoms with E-state index in [0.717, 1.165) is 56.8 Å². The van der Waals surface area contributed by atoms with Gasteiger partial charge in [0.2, 0.25) is 0 Å². The van der Waals surface area contributed by atoms with Crippen LogP contribution in [0.2, 0.25) is 5.02 Å². The Morgan fingerprint density at radius 3 is 2.70 bits per heavy atom. The molecule has 1 aromatic rings. The van der Waals surface area contributed by atoms with Gasteiger partial charge in [0.15, 0.2) is 0 Å². The molecule has 3 fully saturated rings. The third-order valence-corrected chi connectivity index (χ3v) is 8.32. The molecule has 1 saturated carbocycles. The highest BCUT2D eigenvalue weighted by Gasteiger charge is 2.41. The lowest BCUT2D eigenvalue weighted by Gasteiger charge is -2.43. The number of carbonyl (C=O) groups is 1. The molecular weight excluding hydrogens is 436 g/mol. The number of aliphatic hydroxyl groups is 1. The maximum absolute atomic E-state index is 13.3. The predicted molar refractivity (Wildman–Crippen MR) is 132 cm³/mol. The second-order valence-corrected chi connectivity index (χ2v) is 11.0. The van der Waals surface area contributed by atoms with Gasteiger partial charge in [-0.25, -0.2) is 4.79 Å². The van der Waals surface area contributed by atoms with Crippen molar-refractivity contribution in [2.24, 2.45) is 17.8 Å². The molecule has 5 nitrogen and oxygen atoms in total. The summed E-state index contributed by atoms with van der Waals surface area (Å²) in [5.41, 5.74) is 1.23. The molecule has 2 saturated heterocycles. The zero-order valence-corrected chi connectivity index (χ0v) is 20.8. The molecule has 2 aliphatic heterocycles. The average Bonchev–Trinajstić information content (AvgIpc) is 2.79. The minimum absolute atomic E-state index is 0.0296. The Labute approximate surface area is 204 Å². The van der Waals surface area contributed by atoms with Crippen LogP contribution in [0.25, 0.3) is 0 Å². The number of rotatable bonds is 8. The van der Waals surface area contributed by atoms with Crippen LogP contribution in [-0.2, 0) is 11.2 Å². The number of urea groups is 1. The summed E-state index contributed by atoms with van der Waals surface area (Å²) in [5, 5.41) is 15.2. The van der Waals surface area contributed by atoms with E-state index < -0.39 is 6.10 Å². The molecule has 0 aromatic heterocycles. The monoisotopic (exact) mass is 476 g/mol. The van der Waals surface area contributed by atoms with Gasteiger partial charge in [-0.05, 0) is 61.6 Å². The molecular formula is C27H41ClN2O3. The van der Waals surface area contributed by atoms with Crippen LogP contribution >= 0.6 is 11.6 Å². The Kier molecular flexibility index (Phi) is 8.95. The zero-order chi connectivity index (χ0) is 23.2. The molecule has 6 heteroatoms. The number of amides is 2. The van der Waals surface area contributed by atoms with Crippen LogP contribution in [0.5, 0.6) is 0 Å². The summed E-state index contributed by atoms with van der Waals surface area (Å²) in [6, 6.07) is 7.77. The first-order valence-electron chi connectivity index (χ1n) is 13.1. The van der Waals surface area contributed by atoms with Crippen molar-refractivity contribution in [3.63, 3.8) is 0 Å². The molecule has 0 unspecified atom stereocenters. The van der Waals surface area contributed by atoms with Crippen molar-refractivity contribution in [1.82, 2.24) is 10.2 Å². The van der Waals surface area contributed by atoms with Crippen molar-refractivity contribution >= 4 is 17.6 Å². The van der Waals surface area contributed by atoms with Gasteiger partial charge < -0.3 is 20.1 Å². The molecule has 2 N–H and O–H groups in total. The van der Waals surface area contributed by atoms with Crippen molar-refractivity contribution in [2.45, 2.75) is 89.4 Å². The van der Waals surface area contributed by atoms with Gasteiger partial charge >= 0.3 is 6.03 Å². The van der Waals surface area contributed by atoms with E-state index in [2.05, 4.69) is 18.3 Å². The molecule has 3 aliphatic rings. The van der Waals surface area contributed by atoms with Gasteiger partial charge in [-0.15, -0.1) is 0 Å². The molecule has 0 radical (unpaired) electrons. The lowest BCUT2D eigenvalue weighted by Crippen LogP contribution is -2.59. The van der Waals surface area contributed by atoms with Crippen molar-refractivity contribution in [2.75, 3.05) is 19.7 Å². The minimum atomic E-state index is -0.637. The zero-order valence-electron chi connectivity index (χ0n) is 20.1. The smallest absolute Gasteiger partial charge is 0.317 e. The summed E-state index contributed by atoms with van der Waals surface area (Å²) in [7, 11) is 0. The van der Waals surface area contributed by atoms with Gasteiger partial charge in [-0.3, -0.25) is 0 Å². The number of carbonyl (C=O) groups excluding carboxylic acids is 1. The summed E-state index contributed by atoms with van der Waals surface area (Å²) in [5.74, 6) is 1.41. The standard InChI is InChI=1S/C27H41ClN2O3/c1-2-22-18-33-26(22)25(31)24(16-19-8-4-3-5-9-19)29-27(32)30-13-7-11-21(17-30)14-20-10-6-12-23(28)15-20/h6,10,12,15,19,21-22,24-26,31H,2-5,7-9,11,13-14,16-18H2,1H3,(H,29,32)/t21-,22-,24-,25+,26-/m0/s1. The first-order valence-corrected chi connectivity index (χ1v) is 13.5. The number of nitrogens with zero attached hydrogens (tertiary/aromatic N) is 1. The molecule has 33 heavy (non-hydrogen) atoms. The Balaban J connectivity index is 1.37. The van der Waals surface area contributed by atoms with E-state index in [4.69, 9.17) is 16.3 Å². The molecule has 1 aromatic carbocycles. The van der Waals surface area contributed by atoms with Crippen LogP contribution in [-0.4, -0.2) is 54.0 Å². The highest BCUT2D eigenvalue weighted by atomic mass is 35.5. The number of aliphatic hydroxyl groups excluding tert-OH is 1. The van der Waals surface area contributed by atoms with E-state index >= 15 is 0 Å². The fourth-order valence-electron chi connectivity index (χ4n) is 6.03. The number of hydrogen-bond donors (Lipinski definition) is 2. The predicted octanol–water partition coefficient (Wildman–Crippen LogP) is 5.43. The summed E-state index contributed by atoms with van der Waals surface area (Å²) in [6.07, 6.45) is 10.4. The van der Waals surface area contributed by atoms with Gasteiger partial charge in [-0.2, -0.15) is 0 Å². The Bertz CT molecular complexity index is 767. The molecule has 0 bridgehead atoms. The van der Waals surface area contributed by atoms with E-state index in [9.17, 15) is 9.90 Å². The van der Waals surface area contributed by atoms with Crippen molar-refractivity contribution in [3.05, 3.63) is 34.9 Å². The van der Waals surface area contributed by atoms with Crippen LogP contribution in [0.15, 0.2) is 24.3 Å². The maximum atomic E-state index is 13.3. The Morgan fingerprint density at radius 1 is 1.21 bits per heavy atom. The van der Waals surface area contributed by atoms with Crippen LogP contribution in [0.1, 0.15) is 70.3 Å². The maximum Gasteiger partial charge on any atom is 0.317 e. The van der Waals surface area contributed by atoms with Gasteiger partial charge in [0, 0.05) is 24.0 Å². The number of piperidine rings is 1. The number of likely N-dealkylation sites (tertiary alicyclic amines) is 1. The van der Waals surface area contributed by atoms with Crippen LogP contribution < -0.4 is 5.32 Å². The topological polar surface area (TPSA) is 61.8 Å². The summed E-state index contributed by atoms with van der Waals surface area (Å²) in [4.78, 5) is 15.3. The van der Waals surface area contributed by atoms with Crippen LogP contribution in [0.4, 0.5) is 4.79 Å². The quantitative estimate of drug-likeness (QED) is 0.526. The summed E-state index contributed by atoms with van der Waals surface area (Å²) in [6.45, 7) is 4.40. The second-order valence-electron chi connectivity index (χ2n) is 10.5. The van der Waals surface area contributed by atoms with E-state index in [1.54, 1.807) is 0 Å². The van der Waals surface area contributed by atoms with Crippen LogP contribution in [0, 0.1) is 17.8 Å². The normalized spacial score (nSPS) is 28.1. The fourth-order valence-corrected chi connectivity index (χ4v) is 6.24. The third kappa shape index (κ3) is 6.64. The van der Waals surface area contributed by atoms with E-state index in [1.165, 1.54) is 37.7 Å². The van der Waals surface area contributed by atoms with Crippen LogP contribution in [0.3, 0.4) is 0 Å². The number of nitrogens with one attached hydrogen (secondary N) is 1. The third-order valence-electron chi connectivity index (χ3n) is 8.08.